The molecule has 0 aliphatic carbocycles. The summed E-state index contributed by atoms with van der Waals surface area (Å²) in [5.74, 6) is -1.18. The molecule has 0 spiro atoms. The van der Waals surface area contributed by atoms with Gasteiger partial charge in [-0.3, -0.25) is 24.7 Å². The highest BCUT2D eigenvalue weighted by atomic mass is 35.5. The molecule has 1 aliphatic heterocycles. The summed E-state index contributed by atoms with van der Waals surface area (Å²) in [5, 5.41) is 14.0. The van der Waals surface area contributed by atoms with Crippen LogP contribution in [-0.2, 0) is 9.59 Å². The lowest BCUT2D eigenvalue weighted by Crippen LogP contribution is -2.42. The van der Waals surface area contributed by atoms with Gasteiger partial charge in [0.05, 0.1) is 13.1 Å². The molecule has 1 aromatic rings. The number of nitrogens with one attached hydrogen (secondary N) is 2. The number of urea groups is 1. The van der Waals surface area contributed by atoms with Crippen LogP contribution in [0.15, 0.2) is 18.2 Å². The number of imide groups is 1. The van der Waals surface area contributed by atoms with Crippen LogP contribution in [0.5, 0.6) is 0 Å². The zero-order valence-corrected chi connectivity index (χ0v) is 18.1. The monoisotopic (exact) mass is 426 g/mol. The Balaban J connectivity index is 0.00000420. The van der Waals surface area contributed by atoms with Gasteiger partial charge in [0, 0.05) is 18.3 Å². The van der Waals surface area contributed by atoms with Crippen molar-refractivity contribution in [2.45, 2.75) is 39.2 Å². The third-order valence-electron chi connectivity index (χ3n) is 5.27. The van der Waals surface area contributed by atoms with Gasteiger partial charge in [-0.25, -0.2) is 4.79 Å². The Labute approximate surface area is 178 Å². The van der Waals surface area contributed by atoms with Crippen LogP contribution in [0, 0.1) is 13.8 Å². The molecular weight excluding hydrogens is 396 g/mol. The number of likely N-dealkylation sites (tertiary alicyclic amines) is 1. The maximum atomic E-state index is 12.2. The summed E-state index contributed by atoms with van der Waals surface area (Å²) < 4.78 is 0. The molecule has 1 fully saturated rings. The van der Waals surface area contributed by atoms with Crippen molar-refractivity contribution < 1.29 is 19.5 Å². The van der Waals surface area contributed by atoms with Gasteiger partial charge in [-0.1, -0.05) is 12.1 Å². The Morgan fingerprint density at radius 2 is 1.93 bits per heavy atom. The number of carboxylic acid groups (broad SMARTS) is 1. The van der Waals surface area contributed by atoms with Crippen LogP contribution in [0.3, 0.4) is 0 Å². The van der Waals surface area contributed by atoms with Crippen LogP contribution in [0.25, 0.3) is 0 Å². The molecular formula is C20H31ClN4O4. The number of carbonyl (C=O) groups excluding carboxylic acids is 2. The van der Waals surface area contributed by atoms with E-state index in [0.29, 0.717) is 12.2 Å². The van der Waals surface area contributed by atoms with Gasteiger partial charge >= 0.3 is 12.0 Å². The first-order valence-corrected chi connectivity index (χ1v) is 9.57. The van der Waals surface area contributed by atoms with Crippen molar-refractivity contribution in [2.75, 3.05) is 38.5 Å². The average Bonchev–Trinajstić information content (AvgIpc) is 2.84. The Morgan fingerprint density at radius 3 is 2.62 bits per heavy atom. The highest BCUT2D eigenvalue weighted by molar-refractivity contribution is 6.02. The fourth-order valence-electron chi connectivity index (χ4n) is 3.49. The number of rotatable bonds is 6. The minimum atomic E-state index is -0.835. The molecule has 3 amide bonds. The number of benzene rings is 1. The lowest BCUT2D eigenvalue weighted by atomic mass is 10.1. The third-order valence-corrected chi connectivity index (χ3v) is 5.27. The van der Waals surface area contributed by atoms with Crippen molar-refractivity contribution in [1.29, 1.82) is 0 Å². The summed E-state index contributed by atoms with van der Waals surface area (Å²) in [5.41, 5.74) is 2.72. The van der Waals surface area contributed by atoms with Gasteiger partial charge in [0.1, 0.15) is 0 Å². The number of likely N-dealkylation sites (N-methyl/N-ethyl adjacent to an activating group) is 1. The maximum absolute atomic E-state index is 12.2. The van der Waals surface area contributed by atoms with E-state index in [4.69, 9.17) is 5.11 Å². The van der Waals surface area contributed by atoms with Crippen LogP contribution in [-0.4, -0.2) is 72.1 Å². The van der Waals surface area contributed by atoms with E-state index in [1.54, 1.807) is 6.07 Å². The summed E-state index contributed by atoms with van der Waals surface area (Å²) in [6.45, 7) is 5.50. The van der Waals surface area contributed by atoms with E-state index >= 15 is 0 Å². The Kier molecular flexibility index (Phi) is 10.1. The molecule has 8 nitrogen and oxygen atoms in total. The van der Waals surface area contributed by atoms with Crippen LogP contribution >= 0.6 is 12.4 Å². The summed E-state index contributed by atoms with van der Waals surface area (Å²) in [7, 11) is 1.82. The highest BCUT2D eigenvalue weighted by Gasteiger charge is 2.23. The fraction of sp³-hybridized carbons (Fsp3) is 0.550. The molecule has 1 unspecified atom stereocenters. The van der Waals surface area contributed by atoms with Crippen LogP contribution in [0.2, 0.25) is 0 Å². The molecule has 1 aromatic carbocycles. The highest BCUT2D eigenvalue weighted by Crippen LogP contribution is 2.18. The quantitative estimate of drug-likeness (QED) is 0.644. The second kappa shape index (κ2) is 11.7. The zero-order valence-electron chi connectivity index (χ0n) is 17.2. The van der Waals surface area contributed by atoms with Crippen molar-refractivity contribution in [3.8, 4) is 0 Å². The first-order chi connectivity index (χ1) is 13.3. The standard InChI is InChI=1S/C20H30N4O4.ClH/c1-14-6-4-8-17(15(14)2)21-20(28)22-18(25)12-24-10-5-7-16(9-11-24)23(3)13-19(26)27;/h4,6,8,16H,5,7,9-13H2,1-3H3,(H,26,27)(H2,21,22,25,28);1H. The maximum Gasteiger partial charge on any atom is 0.325 e. The normalized spacial score (nSPS) is 17.2. The summed E-state index contributed by atoms with van der Waals surface area (Å²) in [4.78, 5) is 39.1. The van der Waals surface area contributed by atoms with Gasteiger partial charge in [0.15, 0.2) is 0 Å². The number of amides is 3. The fourth-order valence-corrected chi connectivity index (χ4v) is 3.49. The molecule has 1 atom stereocenters. The molecule has 9 heteroatoms. The lowest BCUT2D eigenvalue weighted by molar-refractivity contribution is -0.138. The molecule has 0 bridgehead atoms. The van der Waals surface area contributed by atoms with Gasteiger partial charge in [0.25, 0.3) is 0 Å². The number of aliphatic carboxylic acids is 1. The topological polar surface area (TPSA) is 102 Å². The number of hydrogen-bond donors (Lipinski definition) is 3. The summed E-state index contributed by atoms with van der Waals surface area (Å²) >= 11 is 0. The van der Waals surface area contributed by atoms with E-state index in [0.717, 1.165) is 36.9 Å². The number of anilines is 1. The molecule has 1 saturated heterocycles. The predicted octanol–water partition coefficient (Wildman–Crippen LogP) is 2.24. The number of carbonyl (C=O) groups is 3. The SMILES string of the molecule is Cc1cccc(NC(=O)NC(=O)CN2CCCC(N(C)CC(=O)O)CC2)c1C.Cl. The molecule has 29 heavy (non-hydrogen) atoms. The Hall–Kier alpha value is -2.16. The molecule has 0 aromatic heterocycles. The number of nitrogens with zero attached hydrogens (tertiary/aromatic N) is 2. The van der Waals surface area contributed by atoms with Gasteiger partial charge in [0.2, 0.25) is 5.91 Å². The Morgan fingerprint density at radius 1 is 1.21 bits per heavy atom. The third kappa shape index (κ3) is 8.00. The van der Waals surface area contributed by atoms with Crippen molar-refractivity contribution in [3.63, 3.8) is 0 Å². The molecule has 1 aliphatic rings. The van der Waals surface area contributed by atoms with E-state index in [-0.39, 0.29) is 37.4 Å². The summed E-state index contributed by atoms with van der Waals surface area (Å²) in [6, 6.07) is 5.28. The van der Waals surface area contributed by atoms with E-state index < -0.39 is 12.0 Å². The minimum Gasteiger partial charge on any atom is -0.480 e. The molecule has 0 saturated carbocycles. The van der Waals surface area contributed by atoms with E-state index in [1.807, 2.05) is 42.8 Å². The van der Waals surface area contributed by atoms with Crippen molar-refractivity contribution in [1.82, 2.24) is 15.1 Å². The van der Waals surface area contributed by atoms with E-state index in [1.165, 1.54) is 0 Å². The number of aryl methyl sites for hydroxylation is 1. The lowest BCUT2D eigenvalue weighted by Gasteiger charge is -2.25. The van der Waals surface area contributed by atoms with Crippen LogP contribution in [0.1, 0.15) is 30.4 Å². The molecule has 2 rings (SSSR count). The van der Waals surface area contributed by atoms with Crippen LogP contribution in [0.4, 0.5) is 10.5 Å². The second-order valence-electron chi connectivity index (χ2n) is 7.42. The molecule has 0 radical (unpaired) electrons. The van der Waals surface area contributed by atoms with E-state index in [2.05, 4.69) is 10.6 Å². The van der Waals surface area contributed by atoms with Gasteiger partial charge in [-0.15, -0.1) is 12.4 Å². The number of halogens is 1. The van der Waals surface area contributed by atoms with Crippen molar-refractivity contribution in [2.24, 2.45) is 0 Å². The number of carboxylic acids is 1. The molecule has 1 heterocycles. The minimum absolute atomic E-state index is 0. The van der Waals surface area contributed by atoms with E-state index in [9.17, 15) is 14.4 Å². The van der Waals surface area contributed by atoms with Crippen molar-refractivity contribution in [3.05, 3.63) is 29.3 Å². The van der Waals surface area contributed by atoms with Gasteiger partial charge in [-0.05, 0) is 63.9 Å². The van der Waals surface area contributed by atoms with Gasteiger partial charge < -0.3 is 10.4 Å². The summed E-state index contributed by atoms with van der Waals surface area (Å²) in [6.07, 6.45) is 2.58. The van der Waals surface area contributed by atoms with Gasteiger partial charge in [-0.2, -0.15) is 0 Å². The Bertz CT molecular complexity index is 728. The second-order valence-corrected chi connectivity index (χ2v) is 7.42. The molecule has 3 N–H and O–H groups in total. The smallest absolute Gasteiger partial charge is 0.325 e. The largest absolute Gasteiger partial charge is 0.480 e. The van der Waals surface area contributed by atoms with Crippen LogP contribution < -0.4 is 10.6 Å². The van der Waals surface area contributed by atoms with Crippen molar-refractivity contribution >= 4 is 36.0 Å². The zero-order chi connectivity index (χ0) is 20.7. The number of hydrogen-bond acceptors (Lipinski definition) is 5. The molecule has 162 valence electrons. The first-order valence-electron chi connectivity index (χ1n) is 9.57. The predicted molar refractivity (Wildman–Crippen MR) is 115 cm³/mol. The average molecular weight is 427 g/mol. The first kappa shape index (κ1) is 24.9.